The fraction of sp³-hybridized carbons (Fsp3) is 0.643. The maximum Gasteiger partial charge on any atom is 0.141 e. The van der Waals surface area contributed by atoms with Crippen molar-refractivity contribution in [2.75, 3.05) is 12.3 Å². The van der Waals surface area contributed by atoms with E-state index in [4.69, 9.17) is 0 Å². The lowest BCUT2D eigenvalue weighted by molar-refractivity contribution is 0.537. The van der Waals surface area contributed by atoms with Crippen molar-refractivity contribution in [3.8, 4) is 0 Å². The molecule has 0 aromatic carbocycles. The van der Waals surface area contributed by atoms with E-state index >= 15 is 0 Å². The van der Waals surface area contributed by atoms with Crippen molar-refractivity contribution >= 4 is 23.5 Å². The molecule has 0 bridgehead atoms. The van der Waals surface area contributed by atoms with E-state index in [1.165, 1.54) is 6.20 Å². The van der Waals surface area contributed by atoms with Gasteiger partial charge in [-0.1, -0.05) is 20.8 Å². The molecule has 106 valence electrons. The number of nitrogens with zero attached hydrogens (tertiary/aromatic N) is 1. The van der Waals surface area contributed by atoms with Gasteiger partial charge in [0.25, 0.3) is 0 Å². The molecule has 1 N–H and O–H groups in total. The molecule has 1 saturated heterocycles. The van der Waals surface area contributed by atoms with Gasteiger partial charge in [0.1, 0.15) is 5.82 Å². The molecule has 2 nitrogen and oxygen atoms in total. The summed E-state index contributed by atoms with van der Waals surface area (Å²) < 4.78 is 13.4. The summed E-state index contributed by atoms with van der Waals surface area (Å²) in [6, 6.07) is 1.79. The molecular weight excluding hydrogens is 279 g/mol. The molecule has 2 rings (SSSR count). The lowest BCUT2D eigenvalue weighted by Crippen LogP contribution is -2.37. The van der Waals surface area contributed by atoms with Crippen molar-refractivity contribution in [1.29, 1.82) is 0 Å². The summed E-state index contributed by atoms with van der Waals surface area (Å²) in [6.45, 7) is 7.53. The first-order valence-electron chi connectivity index (χ1n) is 6.72. The first-order valence-corrected chi connectivity index (χ1v) is 8.72. The molecule has 0 amide bonds. The van der Waals surface area contributed by atoms with E-state index in [1.807, 2.05) is 23.5 Å². The number of pyridine rings is 1. The molecule has 1 aromatic heterocycles. The zero-order valence-corrected chi connectivity index (χ0v) is 13.2. The van der Waals surface area contributed by atoms with Crippen LogP contribution in [0.15, 0.2) is 18.5 Å². The van der Waals surface area contributed by atoms with Gasteiger partial charge in [0.05, 0.1) is 6.20 Å². The fourth-order valence-electron chi connectivity index (χ4n) is 2.26. The highest BCUT2D eigenvalue weighted by molar-refractivity contribution is 8.07. The molecule has 4 atom stereocenters. The highest BCUT2D eigenvalue weighted by Gasteiger charge is 2.31. The van der Waals surface area contributed by atoms with Crippen molar-refractivity contribution in [2.24, 2.45) is 0 Å². The van der Waals surface area contributed by atoms with Gasteiger partial charge in [0, 0.05) is 33.7 Å². The summed E-state index contributed by atoms with van der Waals surface area (Å²) in [6.07, 6.45) is 3.05. The van der Waals surface area contributed by atoms with Crippen LogP contribution in [0.2, 0.25) is 0 Å². The van der Waals surface area contributed by atoms with Crippen LogP contribution in [0.25, 0.3) is 0 Å². The van der Waals surface area contributed by atoms with E-state index < -0.39 is 0 Å². The van der Waals surface area contributed by atoms with E-state index in [-0.39, 0.29) is 11.9 Å². The smallest absolute Gasteiger partial charge is 0.141 e. The summed E-state index contributed by atoms with van der Waals surface area (Å²) in [5, 5.41) is 5.28. The lowest BCUT2D eigenvalue weighted by atomic mass is 10.1. The summed E-state index contributed by atoms with van der Waals surface area (Å²) in [5.74, 6) is 0.847. The minimum Gasteiger partial charge on any atom is -0.309 e. The van der Waals surface area contributed by atoms with Gasteiger partial charge < -0.3 is 5.32 Å². The van der Waals surface area contributed by atoms with Crippen LogP contribution >= 0.6 is 23.5 Å². The van der Waals surface area contributed by atoms with E-state index in [2.05, 4.69) is 31.1 Å². The maximum absolute atomic E-state index is 13.4. The third-order valence-electron chi connectivity index (χ3n) is 3.45. The molecule has 0 radical (unpaired) electrons. The van der Waals surface area contributed by atoms with Gasteiger partial charge in [-0.25, -0.2) is 4.39 Å². The minimum atomic E-state index is -0.254. The second-order valence-corrected chi connectivity index (χ2v) is 7.92. The molecule has 1 aliphatic rings. The Balaban J connectivity index is 2.16. The van der Waals surface area contributed by atoms with E-state index in [1.54, 1.807) is 12.3 Å². The van der Waals surface area contributed by atoms with E-state index in [0.717, 1.165) is 17.9 Å². The maximum atomic E-state index is 13.4. The molecule has 0 spiro atoms. The van der Waals surface area contributed by atoms with Gasteiger partial charge in [0.15, 0.2) is 0 Å². The molecule has 5 heteroatoms. The Bertz CT molecular complexity index is 416. The van der Waals surface area contributed by atoms with Gasteiger partial charge in [0.2, 0.25) is 0 Å². The molecule has 1 aliphatic heterocycles. The van der Waals surface area contributed by atoms with E-state index in [0.29, 0.717) is 15.7 Å². The van der Waals surface area contributed by atoms with Crippen molar-refractivity contribution in [2.45, 2.75) is 42.6 Å². The van der Waals surface area contributed by atoms with Crippen molar-refractivity contribution in [1.82, 2.24) is 10.3 Å². The Kier molecular flexibility index (Phi) is 5.54. The first kappa shape index (κ1) is 15.1. The number of nitrogens with one attached hydrogen (secondary N) is 1. The Labute approximate surface area is 123 Å². The molecule has 4 unspecified atom stereocenters. The number of hydrogen-bond donors (Lipinski definition) is 1. The van der Waals surface area contributed by atoms with Crippen LogP contribution in [0.4, 0.5) is 4.39 Å². The molecular formula is C14H21FN2S2. The molecule has 2 heterocycles. The standard InChI is InChI=1S/C14H21FN2S2/c1-4-17-14(11-5-12(15)7-16-6-11)13-8-18-9(2)10(3)19-13/h5-7,9-10,13-14,17H,4,8H2,1-3H3. The summed E-state index contributed by atoms with van der Waals surface area (Å²) in [4.78, 5) is 3.99. The Morgan fingerprint density at radius 3 is 2.84 bits per heavy atom. The average Bonchev–Trinajstić information content (AvgIpc) is 2.39. The number of halogens is 1. The minimum absolute atomic E-state index is 0.181. The van der Waals surface area contributed by atoms with Crippen molar-refractivity contribution in [3.05, 3.63) is 29.8 Å². The molecule has 1 aromatic rings. The van der Waals surface area contributed by atoms with Crippen LogP contribution in [0.1, 0.15) is 32.4 Å². The first-order chi connectivity index (χ1) is 9.11. The highest BCUT2D eigenvalue weighted by atomic mass is 32.2. The highest BCUT2D eigenvalue weighted by Crippen LogP contribution is 2.40. The predicted molar refractivity (Wildman–Crippen MR) is 83.4 cm³/mol. The SMILES string of the molecule is CCNC(c1cncc(F)c1)C1CSC(C)C(C)S1. The molecule has 1 fully saturated rings. The molecule has 19 heavy (non-hydrogen) atoms. The van der Waals surface area contributed by atoms with Gasteiger partial charge in [-0.2, -0.15) is 23.5 Å². The molecule has 0 aliphatic carbocycles. The zero-order valence-electron chi connectivity index (χ0n) is 11.6. The third-order valence-corrected chi connectivity index (χ3v) is 6.95. The van der Waals surface area contributed by atoms with Crippen LogP contribution in [0.3, 0.4) is 0 Å². The summed E-state index contributed by atoms with van der Waals surface area (Å²) in [5.41, 5.74) is 0.960. The Morgan fingerprint density at radius 2 is 2.21 bits per heavy atom. The predicted octanol–water partition coefficient (Wildman–Crippen LogP) is 3.50. The largest absolute Gasteiger partial charge is 0.309 e. The summed E-state index contributed by atoms with van der Waals surface area (Å²) >= 11 is 4.02. The topological polar surface area (TPSA) is 24.9 Å². The number of thioether (sulfide) groups is 2. The normalized spacial score (nSPS) is 29.2. The van der Waals surface area contributed by atoms with Crippen LogP contribution in [0.5, 0.6) is 0 Å². The zero-order chi connectivity index (χ0) is 13.8. The number of aromatic nitrogens is 1. The van der Waals surface area contributed by atoms with Gasteiger partial charge in [-0.3, -0.25) is 4.98 Å². The van der Waals surface area contributed by atoms with Gasteiger partial charge in [-0.15, -0.1) is 0 Å². The average molecular weight is 300 g/mol. The van der Waals surface area contributed by atoms with Crippen LogP contribution in [0, 0.1) is 5.82 Å². The Hall–Kier alpha value is -0.260. The summed E-state index contributed by atoms with van der Waals surface area (Å²) in [7, 11) is 0. The quantitative estimate of drug-likeness (QED) is 0.920. The second kappa shape index (κ2) is 6.95. The fourth-order valence-corrected chi connectivity index (χ4v) is 5.38. The van der Waals surface area contributed by atoms with Gasteiger partial charge in [-0.05, 0) is 18.2 Å². The number of hydrogen-bond acceptors (Lipinski definition) is 4. The second-order valence-electron chi connectivity index (χ2n) is 4.89. The van der Waals surface area contributed by atoms with Crippen molar-refractivity contribution in [3.63, 3.8) is 0 Å². The van der Waals surface area contributed by atoms with Crippen molar-refractivity contribution < 1.29 is 4.39 Å². The third kappa shape index (κ3) is 3.86. The molecule has 0 saturated carbocycles. The van der Waals surface area contributed by atoms with E-state index in [9.17, 15) is 4.39 Å². The Morgan fingerprint density at radius 1 is 1.42 bits per heavy atom. The number of rotatable bonds is 4. The van der Waals surface area contributed by atoms with Crippen LogP contribution in [-0.2, 0) is 0 Å². The van der Waals surface area contributed by atoms with Crippen LogP contribution < -0.4 is 5.32 Å². The monoisotopic (exact) mass is 300 g/mol. The van der Waals surface area contributed by atoms with Crippen LogP contribution in [-0.4, -0.2) is 33.0 Å². The lowest BCUT2D eigenvalue weighted by Gasteiger charge is -2.36. The van der Waals surface area contributed by atoms with Gasteiger partial charge >= 0.3 is 0 Å².